The van der Waals surface area contributed by atoms with Gasteiger partial charge in [-0.3, -0.25) is 0 Å². The maximum Gasteiger partial charge on any atom is 0.184 e. The van der Waals surface area contributed by atoms with Gasteiger partial charge in [0, 0.05) is 0 Å². The Labute approximate surface area is 193 Å². The van der Waals surface area contributed by atoms with Crippen molar-refractivity contribution in [2.75, 3.05) is 6.61 Å². The van der Waals surface area contributed by atoms with Crippen LogP contribution in [0.5, 0.6) is 0 Å². The van der Waals surface area contributed by atoms with Crippen molar-refractivity contribution in [1.82, 2.24) is 0 Å². The molecule has 3 aromatic rings. The smallest absolute Gasteiger partial charge is 0.184 e. The van der Waals surface area contributed by atoms with Crippen LogP contribution >= 0.6 is 0 Å². The van der Waals surface area contributed by atoms with Gasteiger partial charge in [0.05, 0.1) is 26.4 Å². The van der Waals surface area contributed by atoms with Gasteiger partial charge in [-0.2, -0.15) is 0 Å². The number of alkyl halides is 1. The van der Waals surface area contributed by atoms with Gasteiger partial charge < -0.3 is 24.1 Å². The number of halogens is 1. The third-order valence-corrected chi connectivity index (χ3v) is 5.55. The lowest BCUT2D eigenvalue weighted by atomic mass is 9.99. The second-order valence-corrected chi connectivity index (χ2v) is 8.03. The van der Waals surface area contributed by atoms with Crippen molar-refractivity contribution in [2.45, 2.75) is 50.6 Å². The van der Waals surface area contributed by atoms with Gasteiger partial charge in [-0.15, -0.1) is 0 Å². The average Bonchev–Trinajstić information content (AvgIpc) is 2.86. The quantitative estimate of drug-likeness (QED) is 0.493. The molecule has 0 radical (unpaired) electrons. The molecular formula is C27H29FO5. The third kappa shape index (κ3) is 6.69. The standard InChI is InChI=1S/C27H29FO5/c28-24-23(19-30-16-20-10-4-1-5-11-20)33-27(29)26(32-18-22-14-8-3-9-15-22)25(24)31-17-21-12-6-2-7-13-21/h1-15,23-27,29H,16-19H2/t23?,24?,25?,26-,27?/m0/s1. The third-order valence-electron chi connectivity index (χ3n) is 5.55. The normalized spacial score (nSPS) is 25.1. The van der Waals surface area contributed by atoms with Crippen LogP contribution in [0.1, 0.15) is 16.7 Å². The lowest BCUT2D eigenvalue weighted by Crippen LogP contribution is -2.58. The minimum atomic E-state index is -1.53. The number of rotatable bonds is 10. The summed E-state index contributed by atoms with van der Waals surface area (Å²) in [5.74, 6) is 0. The molecule has 1 saturated heterocycles. The van der Waals surface area contributed by atoms with Gasteiger partial charge in [0.2, 0.25) is 0 Å². The molecule has 1 N–H and O–H groups in total. The van der Waals surface area contributed by atoms with E-state index < -0.39 is 30.8 Å². The van der Waals surface area contributed by atoms with E-state index in [1.54, 1.807) is 0 Å². The summed E-state index contributed by atoms with van der Waals surface area (Å²) in [6, 6.07) is 28.6. The van der Waals surface area contributed by atoms with Crippen molar-refractivity contribution in [3.63, 3.8) is 0 Å². The van der Waals surface area contributed by atoms with Crippen LogP contribution in [-0.4, -0.2) is 42.5 Å². The fraction of sp³-hybridized carbons (Fsp3) is 0.333. The zero-order chi connectivity index (χ0) is 22.9. The Balaban J connectivity index is 1.41. The summed E-state index contributed by atoms with van der Waals surface area (Å²) in [7, 11) is 0. The molecule has 0 aliphatic carbocycles. The summed E-state index contributed by atoms with van der Waals surface area (Å²) in [4.78, 5) is 0. The predicted octanol–water partition coefficient (Wildman–Crippen LogP) is 4.43. The van der Waals surface area contributed by atoms with E-state index in [-0.39, 0.29) is 19.8 Å². The van der Waals surface area contributed by atoms with Crippen molar-refractivity contribution < 1.29 is 28.4 Å². The molecule has 0 bridgehead atoms. The summed E-state index contributed by atoms with van der Waals surface area (Å²) >= 11 is 0. The Bertz CT molecular complexity index is 941. The molecule has 1 heterocycles. The molecule has 5 nitrogen and oxygen atoms in total. The molecule has 1 aliphatic rings. The molecule has 0 amide bonds. The van der Waals surface area contributed by atoms with Gasteiger partial charge >= 0.3 is 0 Å². The van der Waals surface area contributed by atoms with Crippen LogP contribution in [-0.2, 0) is 38.8 Å². The number of hydrogen-bond acceptors (Lipinski definition) is 5. The summed E-state index contributed by atoms with van der Waals surface area (Å²) < 4.78 is 38.7. The zero-order valence-electron chi connectivity index (χ0n) is 18.3. The van der Waals surface area contributed by atoms with Gasteiger partial charge in [-0.25, -0.2) is 4.39 Å². The first-order valence-electron chi connectivity index (χ1n) is 11.1. The molecule has 4 unspecified atom stereocenters. The highest BCUT2D eigenvalue weighted by Gasteiger charge is 2.47. The Morgan fingerprint density at radius 3 is 1.64 bits per heavy atom. The average molecular weight is 453 g/mol. The molecule has 174 valence electrons. The molecule has 5 atom stereocenters. The van der Waals surface area contributed by atoms with E-state index in [2.05, 4.69) is 0 Å². The number of benzene rings is 3. The topological polar surface area (TPSA) is 57.2 Å². The van der Waals surface area contributed by atoms with Crippen molar-refractivity contribution in [3.05, 3.63) is 108 Å². The molecule has 1 aliphatic heterocycles. The van der Waals surface area contributed by atoms with E-state index in [4.69, 9.17) is 18.9 Å². The van der Waals surface area contributed by atoms with E-state index in [1.807, 2.05) is 91.0 Å². The lowest BCUT2D eigenvalue weighted by molar-refractivity contribution is -0.298. The number of hydrogen-bond donors (Lipinski definition) is 1. The van der Waals surface area contributed by atoms with Crippen molar-refractivity contribution >= 4 is 0 Å². The highest BCUT2D eigenvalue weighted by molar-refractivity contribution is 5.15. The van der Waals surface area contributed by atoms with Crippen LogP contribution in [0, 0.1) is 0 Å². The molecule has 0 spiro atoms. The molecule has 6 heteroatoms. The van der Waals surface area contributed by atoms with E-state index in [0.717, 1.165) is 16.7 Å². The number of aliphatic hydroxyl groups excluding tert-OH is 1. The summed E-state index contributed by atoms with van der Waals surface area (Å²) in [5.41, 5.74) is 2.80. The molecule has 0 aromatic heterocycles. The first kappa shape index (κ1) is 23.5. The van der Waals surface area contributed by atoms with Crippen LogP contribution in [0.4, 0.5) is 4.39 Å². The van der Waals surface area contributed by atoms with Gasteiger partial charge in [-0.05, 0) is 16.7 Å². The summed E-state index contributed by atoms with van der Waals surface area (Å²) in [6.07, 6.45) is -5.83. The summed E-state index contributed by atoms with van der Waals surface area (Å²) in [6.45, 7) is 0.719. The minimum Gasteiger partial charge on any atom is -0.374 e. The minimum absolute atomic E-state index is 0.0102. The number of aliphatic hydroxyl groups is 1. The fourth-order valence-corrected chi connectivity index (χ4v) is 3.78. The van der Waals surface area contributed by atoms with Crippen LogP contribution in [0.3, 0.4) is 0 Å². The lowest BCUT2D eigenvalue weighted by Gasteiger charge is -2.41. The highest BCUT2D eigenvalue weighted by atomic mass is 19.1. The first-order valence-corrected chi connectivity index (χ1v) is 11.1. The molecule has 33 heavy (non-hydrogen) atoms. The Kier molecular flexibility index (Phi) is 8.58. The molecule has 1 fully saturated rings. The van der Waals surface area contributed by atoms with Crippen molar-refractivity contribution in [1.29, 1.82) is 0 Å². The van der Waals surface area contributed by atoms with Crippen LogP contribution in [0.25, 0.3) is 0 Å². The van der Waals surface area contributed by atoms with E-state index in [9.17, 15) is 5.11 Å². The second-order valence-electron chi connectivity index (χ2n) is 8.03. The molecular weight excluding hydrogens is 423 g/mol. The van der Waals surface area contributed by atoms with Crippen LogP contribution in [0.2, 0.25) is 0 Å². The van der Waals surface area contributed by atoms with Gasteiger partial charge in [-0.1, -0.05) is 91.0 Å². The Hall–Kier alpha value is -2.61. The fourth-order valence-electron chi connectivity index (χ4n) is 3.78. The summed E-state index contributed by atoms with van der Waals surface area (Å²) in [5, 5.41) is 10.7. The van der Waals surface area contributed by atoms with Gasteiger partial charge in [0.15, 0.2) is 12.5 Å². The molecule has 0 saturated carbocycles. The zero-order valence-corrected chi connectivity index (χ0v) is 18.3. The van der Waals surface area contributed by atoms with E-state index >= 15 is 4.39 Å². The molecule has 4 rings (SSSR count). The second kappa shape index (κ2) is 12.0. The van der Waals surface area contributed by atoms with Crippen molar-refractivity contribution in [3.8, 4) is 0 Å². The van der Waals surface area contributed by atoms with Crippen LogP contribution in [0.15, 0.2) is 91.0 Å². The van der Waals surface area contributed by atoms with Gasteiger partial charge in [0.1, 0.15) is 18.3 Å². The van der Waals surface area contributed by atoms with E-state index in [0.29, 0.717) is 6.61 Å². The van der Waals surface area contributed by atoms with Crippen molar-refractivity contribution in [2.24, 2.45) is 0 Å². The van der Waals surface area contributed by atoms with E-state index in [1.165, 1.54) is 0 Å². The van der Waals surface area contributed by atoms with Crippen LogP contribution < -0.4 is 0 Å². The Morgan fingerprint density at radius 2 is 1.12 bits per heavy atom. The number of ether oxygens (including phenoxy) is 4. The Morgan fingerprint density at radius 1 is 0.667 bits per heavy atom. The SMILES string of the molecule is OC1OC(COCc2ccccc2)C(F)C(OCc2ccccc2)[C@@H]1OCc1ccccc1. The predicted molar refractivity (Wildman–Crippen MR) is 122 cm³/mol. The maximum absolute atomic E-state index is 15.6. The maximum atomic E-state index is 15.6. The first-order chi connectivity index (χ1) is 16.2. The van der Waals surface area contributed by atoms with Gasteiger partial charge in [0.25, 0.3) is 0 Å². The monoisotopic (exact) mass is 452 g/mol. The molecule has 3 aromatic carbocycles. The highest BCUT2D eigenvalue weighted by Crippen LogP contribution is 2.29. The largest absolute Gasteiger partial charge is 0.374 e.